The Bertz CT molecular complexity index is 409. The minimum atomic E-state index is 0.231. The summed E-state index contributed by atoms with van der Waals surface area (Å²) in [6.07, 6.45) is 3.93. The lowest BCUT2D eigenvalue weighted by atomic mass is 9.85. The lowest BCUT2D eigenvalue weighted by Crippen LogP contribution is -2.17. The zero-order valence-corrected chi connectivity index (χ0v) is 11.7. The van der Waals surface area contributed by atoms with E-state index in [9.17, 15) is 5.11 Å². The molecule has 0 radical (unpaired) electrons. The Kier molecular flexibility index (Phi) is 5.20. The second-order valence-corrected chi connectivity index (χ2v) is 4.91. The lowest BCUT2D eigenvalue weighted by molar-refractivity contribution is 0.312. The van der Waals surface area contributed by atoms with Crippen LogP contribution >= 0.6 is 0 Å². The summed E-state index contributed by atoms with van der Waals surface area (Å²) >= 11 is 0. The van der Waals surface area contributed by atoms with Crippen molar-refractivity contribution in [3.8, 4) is 11.5 Å². The zero-order valence-electron chi connectivity index (χ0n) is 11.7. The smallest absolute Gasteiger partial charge is 0.124 e. The van der Waals surface area contributed by atoms with Gasteiger partial charge in [0.15, 0.2) is 0 Å². The van der Waals surface area contributed by atoms with Crippen LogP contribution in [0, 0.1) is 5.41 Å². The highest BCUT2D eigenvalue weighted by Crippen LogP contribution is 2.26. The van der Waals surface area contributed by atoms with Gasteiger partial charge in [-0.3, -0.25) is 4.99 Å². The molecule has 1 aromatic carbocycles. The Balaban J connectivity index is 2.78. The summed E-state index contributed by atoms with van der Waals surface area (Å²) in [4.78, 5) is 4.45. The predicted molar refractivity (Wildman–Crippen MR) is 75.8 cm³/mol. The third kappa shape index (κ3) is 3.76. The molecular weight excluding hydrogens is 226 g/mol. The van der Waals surface area contributed by atoms with Crippen LogP contribution in [0.25, 0.3) is 0 Å². The Morgan fingerprint density at radius 1 is 1.33 bits per heavy atom. The fourth-order valence-corrected chi connectivity index (χ4v) is 1.60. The number of ether oxygens (including phenoxy) is 1. The molecule has 0 aromatic heterocycles. The minimum absolute atomic E-state index is 0.231. The summed E-state index contributed by atoms with van der Waals surface area (Å²) in [6, 6.07) is 5.14. The van der Waals surface area contributed by atoms with Crippen molar-refractivity contribution in [2.45, 2.75) is 33.6 Å². The molecule has 0 aliphatic rings. The number of benzene rings is 1. The van der Waals surface area contributed by atoms with Crippen LogP contribution in [0.4, 0.5) is 0 Å². The van der Waals surface area contributed by atoms with Crippen LogP contribution in [0.3, 0.4) is 0 Å². The summed E-state index contributed by atoms with van der Waals surface area (Å²) in [6.45, 7) is 7.37. The number of phenolic OH excluding ortho intramolecular Hbond substituents is 1. The van der Waals surface area contributed by atoms with Gasteiger partial charge in [0, 0.05) is 18.3 Å². The number of aliphatic imine (C=N–C) groups is 1. The van der Waals surface area contributed by atoms with Gasteiger partial charge in [0.25, 0.3) is 0 Å². The summed E-state index contributed by atoms with van der Waals surface area (Å²) in [5.41, 5.74) is 0.939. The maximum Gasteiger partial charge on any atom is 0.124 e. The van der Waals surface area contributed by atoms with Crippen molar-refractivity contribution >= 4 is 6.21 Å². The van der Waals surface area contributed by atoms with Crippen LogP contribution < -0.4 is 4.74 Å². The van der Waals surface area contributed by atoms with E-state index in [1.165, 1.54) is 0 Å². The van der Waals surface area contributed by atoms with Gasteiger partial charge < -0.3 is 9.84 Å². The van der Waals surface area contributed by atoms with Crippen molar-refractivity contribution in [1.82, 2.24) is 0 Å². The zero-order chi connectivity index (χ0) is 13.6. The monoisotopic (exact) mass is 249 g/mol. The first-order valence-electron chi connectivity index (χ1n) is 6.41. The molecule has 0 fully saturated rings. The molecule has 0 saturated carbocycles. The number of methoxy groups -OCH3 is 1. The van der Waals surface area contributed by atoms with Gasteiger partial charge in [-0.2, -0.15) is 0 Å². The standard InChI is InChI=1S/C15H23NO2/c1-5-15(3,6-2)11-16-10-12-9-13(18-4)7-8-14(12)17/h7-10,17H,5-6,11H2,1-4H3. The fraction of sp³-hybridized carbons (Fsp3) is 0.533. The molecule has 18 heavy (non-hydrogen) atoms. The van der Waals surface area contributed by atoms with Gasteiger partial charge in [-0.05, 0) is 36.5 Å². The highest BCUT2D eigenvalue weighted by atomic mass is 16.5. The molecule has 0 unspecified atom stereocenters. The molecule has 3 heteroatoms. The van der Waals surface area contributed by atoms with Crippen LogP contribution in [-0.2, 0) is 0 Å². The van der Waals surface area contributed by atoms with Gasteiger partial charge in [0.2, 0.25) is 0 Å². The molecule has 0 heterocycles. The Labute approximate surface area is 110 Å². The third-order valence-corrected chi connectivity index (χ3v) is 3.65. The molecule has 0 aliphatic heterocycles. The normalized spacial score (nSPS) is 12.0. The average molecular weight is 249 g/mol. The van der Waals surface area contributed by atoms with Crippen molar-refractivity contribution in [3.63, 3.8) is 0 Å². The van der Waals surface area contributed by atoms with E-state index in [1.54, 1.807) is 31.5 Å². The van der Waals surface area contributed by atoms with Gasteiger partial charge in [0.1, 0.15) is 11.5 Å². The Hall–Kier alpha value is -1.51. The number of aromatic hydroxyl groups is 1. The quantitative estimate of drug-likeness (QED) is 0.782. The maximum atomic E-state index is 9.73. The van der Waals surface area contributed by atoms with Gasteiger partial charge in [-0.15, -0.1) is 0 Å². The van der Waals surface area contributed by atoms with Crippen LogP contribution in [0.2, 0.25) is 0 Å². The molecule has 0 saturated heterocycles. The topological polar surface area (TPSA) is 41.8 Å². The summed E-state index contributed by atoms with van der Waals surface area (Å²) in [5.74, 6) is 0.956. The van der Waals surface area contributed by atoms with E-state index in [0.29, 0.717) is 5.56 Å². The number of nitrogens with zero attached hydrogens (tertiary/aromatic N) is 1. The van der Waals surface area contributed by atoms with Crippen LogP contribution in [-0.4, -0.2) is 25.0 Å². The maximum absolute atomic E-state index is 9.73. The largest absolute Gasteiger partial charge is 0.507 e. The molecule has 0 bridgehead atoms. The predicted octanol–water partition coefficient (Wildman–Crippen LogP) is 3.65. The molecule has 0 atom stereocenters. The summed E-state index contributed by atoms with van der Waals surface area (Å²) < 4.78 is 5.13. The first-order chi connectivity index (χ1) is 8.54. The molecular formula is C15H23NO2. The number of rotatable bonds is 6. The fourth-order valence-electron chi connectivity index (χ4n) is 1.60. The lowest BCUT2D eigenvalue weighted by Gasteiger charge is -2.23. The molecule has 1 aromatic rings. The van der Waals surface area contributed by atoms with Crippen molar-refractivity contribution in [2.24, 2.45) is 10.4 Å². The number of hydrogen-bond donors (Lipinski definition) is 1. The average Bonchev–Trinajstić information content (AvgIpc) is 2.40. The summed E-state index contributed by atoms with van der Waals surface area (Å²) in [7, 11) is 1.61. The first-order valence-corrected chi connectivity index (χ1v) is 6.41. The molecule has 0 spiro atoms. The highest BCUT2D eigenvalue weighted by Gasteiger charge is 2.18. The van der Waals surface area contributed by atoms with E-state index in [4.69, 9.17) is 4.74 Å². The van der Waals surface area contributed by atoms with Gasteiger partial charge in [0.05, 0.1) is 7.11 Å². The van der Waals surface area contributed by atoms with E-state index in [1.807, 2.05) is 0 Å². The number of phenols is 1. The van der Waals surface area contributed by atoms with Gasteiger partial charge in [-0.25, -0.2) is 0 Å². The molecule has 0 aliphatic carbocycles. The van der Waals surface area contributed by atoms with Crippen LogP contribution in [0.15, 0.2) is 23.2 Å². The molecule has 1 N–H and O–H groups in total. The van der Waals surface area contributed by atoms with E-state index >= 15 is 0 Å². The minimum Gasteiger partial charge on any atom is -0.507 e. The van der Waals surface area contributed by atoms with Crippen LogP contribution in [0.5, 0.6) is 11.5 Å². The Morgan fingerprint density at radius 2 is 2.00 bits per heavy atom. The van der Waals surface area contributed by atoms with Crippen molar-refractivity contribution in [3.05, 3.63) is 23.8 Å². The number of hydrogen-bond acceptors (Lipinski definition) is 3. The van der Waals surface area contributed by atoms with E-state index in [0.717, 1.165) is 25.1 Å². The van der Waals surface area contributed by atoms with E-state index < -0.39 is 0 Å². The van der Waals surface area contributed by atoms with E-state index in [2.05, 4.69) is 25.8 Å². The summed E-state index contributed by atoms with van der Waals surface area (Å²) in [5, 5.41) is 9.73. The molecule has 3 nitrogen and oxygen atoms in total. The van der Waals surface area contributed by atoms with Crippen molar-refractivity contribution in [1.29, 1.82) is 0 Å². The van der Waals surface area contributed by atoms with Crippen LogP contribution in [0.1, 0.15) is 39.2 Å². The second kappa shape index (κ2) is 6.43. The second-order valence-electron chi connectivity index (χ2n) is 4.91. The third-order valence-electron chi connectivity index (χ3n) is 3.65. The van der Waals surface area contributed by atoms with Gasteiger partial charge in [-0.1, -0.05) is 20.8 Å². The SMILES string of the molecule is CCC(C)(CC)CN=Cc1cc(OC)ccc1O. The van der Waals surface area contributed by atoms with Crippen molar-refractivity contribution in [2.75, 3.05) is 13.7 Å². The first kappa shape index (κ1) is 14.6. The van der Waals surface area contributed by atoms with E-state index in [-0.39, 0.29) is 11.2 Å². The molecule has 1 rings (SSSR count). The van der Waals surface area contributed by atoms with Gasteiger partial charge >= 0.3 is 0 Å². The van der Waals surface area contributed by atoms with Crippen molar-refractivity contribution < 1.29 is 9.84 Å². The molecule has 0 amide bonds. The Morgan fingerprint density at radius 3 is 2.56 bits per heavy atom. The molecule has 100 valence electrons. The highest BCUT2D eigenvalue weighted by molar-refractivity contribution is 5.84.